The summed E-state index contributed by atoms with van der Waals surface area (Å²) in [5.41, 5.74) is 3.39. The molecule has 2 heterocycles. The average Bonchev–Trinajstić information content (AvgIpc) is 2.80. The van der Waals surface area contributed by atoms with E-state index in [9.17, 15) is 9.18 Å². The topological polar surface area (TPSA) is 51.7 Å². The van der Waals surface area contributed by atoms with Crippen LogP contribution in [-0.4, -0.2) is 56.1 Å². The lowest BCUT2D eigenvalue weighted by molar-refractivity contribution is 0.102. The molecule has 0 spiro atoms. The van der Waals surface area contributed by atoms with Crippen LogP contribution in [0.3, 0.4) is 0 Å². The van der Waals surface area contributed by atoms with Crippen LogP contribution in [0.1, 0.15) is 15.9 Å². The fourth-order valence-electron chi connectivity index (χ4n) is 3.77. The van der Waals surface area contributed by atoms with Crippen molar-refractivity contribution in [3.8, 4) is 0 Å². The summed E-state index contributed by atoms with van der Waals surface area (Å²) in [4.78, 5) is 23.6. The Morgan fingerprint density at radius 2 is 1.78 bits per heavy atom. The molecule has 0 saturated carbocycles. The number of rotatable bonds is 6. The van der Waals surface area contributed by atoms with Gasteiger partial charge in [-0.1, -0.05) is 18.2 Å². The quantitative estimate of drug-likeness (QED) is 0.640. The lowest BCUT2D eigenvalue weighted by atomic mass is 10.1. The molecular weight excluding hydrogens is 405 g/mol. The third kappa shape index (κ3) is 5.42. The third-order valence-electron chi connectivity index (χ3n) is 5.65. The van der Waals surface area contributed by atoms with Crippen LogP contribution >= 0.6 is 0 Å². The van der Waals surface area contributed by atoms with Crippen molar-refractivity contribution in [2.75, 3.05) is 55.4 Å². The second-order valence-corrected chi connectivity index (χ2v) is 8.19. The summed E-state index contributed by atoms with van der Waals surface area (Å²) >= 11 is 0. The molecule has 1 fully saturated rings. The zero-order chi connectivity index (χ0) is 22.5. The molecule has 1 aromatic heterocycles. The third-order valence-corrected chi connectivity index (χ3v) is 5.65. The van der Waals surface area contributed by atoms with Gasteiger partial charge < -0.3 is 15.1 Å². The molecule has 7 heteroatoms. The van der Waals surface area contributed by atoms with Gasteiger partial charge in [-0.05, 0) is 48.0 Å². The van der Waals surface area contributed by atoms with Gasteiger partial charge in [0.2, 0.25) is 0 Å². The van der Waals surface area contributed by atoms with Crippen molar-refractivity contribution in [2.45, 2.75) is 6.54 Å². The largest absolute Gasteiger partial charge is 0.378 e. The number of carbonyl (C=O) groups is 1. The molecule has 1 amide bonds. The van der Waals surface area contributed by atoms with Gasteiger partial charge in [0.25, 0.3) is 5.91 Å². The van der Waals surface area contributed by atoms with Gasteiger partial charge in [0.1, 0.15) is 11.6 Å². The summed E-state index contributed by atoms with van der Waals surface area (Å²) in [6.07, 6.45) is 1.64. The number of hydrogen-bond acceptors (Lipinski definition) is 5. The van der Waals surface area contributed by atoms with E-state index in [0.717, 1.165) is 38.5 Å². The Morgan fingerprint density at radius 3 is 2.41 bits per heavy atom. The number of carbonyl (C=O) groups excluding carboxylic acids is 1. The predicted octanol–water partition coefficient (Wildman–Crippen LogP) is 3.86. The number of nitrogens with zero attached hydrogens (tertiary/aromatic N) is 4. The van der Waals surface area contributed by atoms with E-state index in [1.807, 2.05) is 26.2 Å². The molecule has 0 radical (unpaired) electrons. The first-order valence-corrected chi connectivity index (χ1v) is 10.7. The molecule has 0 aliphatic carbocycles. The number of halogens is 1. The molecule has 1 saturated heterocycles. The van der Waals surface area contributed by atoms with Gasteiger partial charge in [-0.15, -0.1) is 0 Å². The monoisotopic (exact) mass is 433 g/mol. The van der Waals surface area contributed by atoms with Crippen LogP contribution in [0.25, 0.3) is 0 Å². The lowest BCUT2D eigenvalue weighted by Gasteiger charge is -2.35. The Hall–Kier alpha value is -3.45. The number of nitrogens with one attached hydrogen (secondary N) is 1. The maximum Gasteiger partial charge on any atom is 0.255 e. The summed E-state index contributed by atoms with van der Waals surface area (Å²) in [7, 11) is 4.10. The maximum absolute atomic E-state index is 13.3. The minimum absolute atomic E-state index is 0.279. The molecule has 3 aromatic rings. The van der Waals surface area contributed by atoms with Crippen molar-refractivity contribution in [1.82, 2.24) is 9.88 Å². The van der Waals surface area contributed by atoms with E-state index >= 15 is 0 Å². The Bertz CT molecular complexity index is 1040. The minimum Gasteiger partial charge on any atom is -0.378 e. The molecule has 4 rings (SSSR count). The number of anilines is 3. The normalized spacial score (nSPS) is 14.3. The molecule has 1 aliphatic heterocycles. The fourth-order valence-corrected chi connectivity index (χ4v) is 3.77. The van der Waals surface area contributed by atoms with Gasteiger partial charge in [-0.3, -0.25) is 9.69 Å². The van der Waals surface area contributed by atoms with E-state index in [2.05, 4.69) is 49.3 Å². The number of aromatic nitrogens is 1. The highest BCUT2D eigenvalue weighted by atomic mass is 19.1. The molecule has 166 valence electrons. The maximum atomic E-state index is 13.3. The van der Waals surface area contributed by atoms with Gasteiger partial charge >= 0.3 is 0 Å². The van der Waals surface area contributed by atoms with Crippen LogP contribution < -0.4 is 15.1 Å². The van der Waals surface area contributed by atoms with Crippen LogP contribution in [0.15, 0.2) is 66.9 Å². The van der Waals surface area contributed by atoms with Crippen LogP contribution in [0, 0.1) is 5.82 Å². The summed E-state index contributed by atoms with van der Waals surface area (Å²) in [6.45, 7) is 4.68. The number of benzene rings is 2. The molecular formula is C25H28FN5O. The SMILES string of the molecule is CN(C)c1ccc(CN2CCN(c3ccc(NC(=O)c4cccc(F)c4)cn3)CC2)cc1. The Kier molecular flexibility index (Phi) is 6.66. The molecule has 2 aromatic carbocycles. The summed E-state index contributed by atoms with van der Waals surface area (Å²) in [5.74, 6) is 0.103. The Morgan fingerprint density at radius 1 is 1.03 bits per heavy atom. The summed E-state index contributed by atoms with van der Waals surface area (Å²) in [5, 5.41) is 2.76. The molecule has 32 heavy (non-hydrogen) atoms. The Balaban J connectivity index is 1.28. The second-order valence-electron chi connectivity index (χ2n) is 8.19. The summed E-state index contributed by atoms with van der Waals surface area (Å²) < 4.78 is 13.3. The van der Waals surface area contributed by atoms with E-state index in [-0.39, 0.29) is 11.5 Å². The highest BCUT2D eigenvalue weighted by Gasteiger charge is 2.18. The number of amides is 1. The van der Waals surface area contributed by atoms with Crippen molar-refractivity contribution in [2.24, 2.45) is 0 Å². The number of pyridine rings is 1. The van der Waals surface area contributed by atoms with Crippen molar-refractivity contribution in [3.05, 3.63) is 83.8 Å². The van der Waals surface area contributed by atoms with E-state index in [1.54, 1.807) is 12.3 Å². The van der Waals surface area contributed by atoms with Gasteiger partial charge in [0.05, 0.1) is 11.9 Å². The van der Waals surface area contributed by atoms with Crippen molar-refractivity contribution in [1.29, 1.82) is 0 Å². The van der Waals surface area contributed by atoms with E-state index in [4.69, 9.17) is 0 Å². The highest BCUT2D eigenvalue weighted by Crippen LogP contribution is 2.19. The molecule has 0 atom stereocenters. The van der Waals surface area contributed by atoms with Gasteiger partial charge in [0.15, 0.2) is 0 Å². The van der Waals surface area contributed by atoms with E-state index in [0.29, 0.717) is 5.69 Å². The van der Waals surface area contributed by atoms with Gasteiger partial charge in [-0.25, -0.2) is 9.37 Å². The smallest absolute Gasteiger partial charge is 0.255 e. The van der Waals surface area contributed by atoms with Crippen LogP contribution in [0.5, 0.6) is 0 Å². The van der Waals surface area contributed by atoms with E-state index in [1.165, 1.54) is 29.4 Å². The number of hydrogen-bond donors (Lipinski definition) is 1. The van der Waals surface area contributed by atoms with Crippen LogP contribution in [0.4, 0.5) is 21.6 Å². The molecule has 1 N–H and O–H groups in total. The van der Waals surface area contributed by atoms with Gasteiger partial charge in [-0.2, -0.15) is 0 Å². The predicted molar refractivity (Wildman–Crippen MR) is 127 cm³/mol. The zero-order valence-electron chi connectivity index (χ0n) is 18.5. The lowest BCUT2D eigenvalue weighted by Crippen LogP contribution is -2.46. The Labute approximate surface area is 188 Å². The molecule has 0 unspecified atom stereocenters. The standard InChI is InChI=1S/C25H28FN5O/c1-29(2)23-9-6-19(7-10-23)18-30-12-14-31(15-13-30)24-11-8-22(17-27-24)28-25(32)20-4-3-5-21(26)16-20/h3-11,16-17H,12-15,18H2,1-2H3,(H,28,32). The first-order chi connectivity index (χ1) is 15.5. The molecule has 0 bridgehead atoms. The first kappa shape index (κ1) is 21.8. The number of piperazine rings is 1. The minimum atomic E-state index is -0.434. The van der Waals surface area contributed by atoms with Crippen molar-refractivity contribution in [3.63, 3.8) is 0 Å². The molecule has 6 nitrogen and oxygen atoms in total. The van der Waals surface area contributed by atoms with Crippen molar-refractivity contribution < 1.29 is 9.18 Å². The zero-order valence-corrected chi connectivity index (χ0v) is 18.5. The van der Waals surface area contributed by atoms with E-state index < -0.39 is 5.82 Å². The summed E-state index contributed by atoms with van der Waals surface area (Å²) in [6, 6.07) is 18.1. The van der Waals surface area contributed by atoms with Crippen LogP contribution in [-0.2, 0) is 6.54 Å². The highest BCUT2D eigenvalue weighted by molar-refractivity contribution is 6.04. The second kappa shape index (κ2) is 9.78. The van der Waals surface area contributed by atoms with Gasteiger partial charge in [0, 0.05) is 58.1 Å². The molecule has 1 aliphatic rings. The van der Waals surface area contributed by atoms with Crippen LogP contribution in [0.2, 0.25) is 0 Å². The van der Waals surface area contributed by atoms with Crippen molar-refractivity contribution >= 4 is 23.1 Å². The average molecular weight is 434 g/mol. The first-order valence-electron chi connectivity index (χ1n) is 10.7. The fraction of sp³-hybridized carbons (Fsp3) is 0.280.